The van der Waals surface area contributed by atoms with Crippen molar-refractivity contribution in [2.75, 3.05) is 38.7 Å². The van der Waals surface area contributed by atoms with Crippen molar-refractivity contribution >= 4 is 21.6 Å². The molecule has 162 valence electrons. The van der Waals surface area contributed by atoms with Gasteiger partial charge in [-0.25, -0.2) is 8.42 Å². The zero-order valence-corrected chi connectivity index (χ0v) is 16.7. The van der Waals surface area contributed by atoms with Gasteiger partial charge < -0.3 is 14.8 Å². The number of carbonyl (C=O) groups is 1. The van der Waals surface area contributed by atoms with Crippen LogP contribution < -0.4 is 10.1 Å². The maximum Gasteiger partial charge on any atom is 0.417 e. The molecule has 1 aliphatic heterocycles. The van der Waals surface area contributed by atoms with Crippen LogP contribution in [0.15, 0.2) is 47.4 Å². The van der Waals surface area contributed by atoms with Gasteiger partial charge in [0.2, 0.25) is 10.0 Å². The van der Waals surface area contributed by atoms with Crippen LogP contribution >= 0.6 is 0 Å². The summed E-state index contributed by atoms with van der Waals surface area (Å²) in [7, 11) is -2.66. The topological polar surface area (TPSA) is 84.9 Å². The van der Waals surface area contributed by atoms with Crippen LogP contribution in [0.4, 0.5) is 18.9 Å². The molecule has 1 N–H and O–H groups in total. The number of rotatable bonds is 5. The van der Waals surface area contributed by atoms with E-state index in [1.165, 1.54) is 35.7 Å². The first-order chi connectivity index (χ1) is 14.1. The Morgan fingerprint density at radius 2 is 1.80 bits per heavy atom. The highest BCUT2D eigenvalue weighted by Crippen LogP contribution is 2.33. The fourth-order valence-electron chi connectivity index (χ4n) is 3.01. The Morgan fingerprint density at radius 1 is 1.13 bits per heavy atom. The lowest BCUT2D eigenvalue weighted by Gasteiger charge is -2.26. The summed E-state index contributed by atoms with van der Waals surface area (Å²) in [6.07, 6.45) is -4.71. The third-order valence-electron chi connectivity index (χ3n) is 4.49. The molecule has 0 radical (unpaired) electrons. The molecule has 0 unspecified atom stereocenters. The lowest BCUT2D eigenvalue weighted by atomic mass is 10.1. The van der Waals surface area contributed by atoms with Gasteiger partial charge in [0.25, 0.3) is 5.91 Å². The highest BCUT2D eigenvalue weighted by molar-refractivity contribution is 7.89. The molecule has 1 saturated heterocycles. The van der Waals surface area contributed by atoms with Gasteiger partial charge in [0.15, 0.2) is 0 Å². The van der Waals surface area contributed by atoms with Gasteiger partial charge >= 0.3 is 6.18 Å². The summed E-state index contributed by atoms with van der Waals surface area (Å²) in [4.78, 5) is 12.3. The Bertz CT molecular complexity index is 1030. The van der Waals surface area contributed by atoms with Crippen LogP contribution in [0, 0.1) is 0 Å². The second-order valence-electron chi connectivity index (χ2n) is 6.38. The van der Waals surface area contributed by atoms with Crippen molar-refractivity contribution in [2.45, 2.75) is 11.1 Å². The third-order valence-corrected chi connectivity index (χ3v) is 6.41. The van der Waals surface area contributed by atoms with E-state index in [2.05, 4.69) is 5.32 Å². The highest BCUT2D eigenvalue weighted by atomic mass is 32.2. The number of halogens is 3. The number of alkyl halides is 3. The monoisotopic (exact) mass is 444 g/mol. The number of benzene rings is 2. The molecular formula is C19H19F3N2O5S. The molecule has 1 aliphatic rings. The Labute approximate surface area is 171 Å². The molecule has 1 heterocycles. The number of hydrogen-bond acceptors (Lipinski definition) is 5. The number of methoxy groups -OCH3 is 1. The van der Waals surface area contributed by atoms with Gasteiger partial charge in [-0.1, -0.05) is 12.1 Å². The zero-order chi connectivity index (χ0) is 21.9. The van der Waals surface area contributed by atoms with Gasteiger partial charge in [0.1, 0.15) is 10.6 Å². The van der Waals surface area contributed by atoms with Crippen molar-refractivity contribution in [1.29, 1.82) is 0 Å². The molecule has 11 heteroatoms. The van der Waals surface area contributed by atoms with E-state index in [9.17, 15) is 26.4 Å². The van der Waals surface area contributed by atoms with E-state index in [0.717, 1.165) is 18.2 Å². The number of anilines is 1. The SMILES string of the molecule is COc1ccc(NC(=O)c2ccccc2C(F)(F)F)cc1S(=O)(=O)N1CCOCC1. The molecule has 7 nitrogen and oxygen atoms in total. The number of morpholine rings is 1. The molecule has 1 fully saturated rings. The smallest absolute Gasteiger partial charge is 0.417 e. The summed E-state index contributed by atoms with van der Waals surface area (Å²) >= 11 is 0. The number of nitrogens with one attached hydrogen (secondary N) is 1. The van der Waals surface area contributed by atoms with Crippen LogP contribution in [0.1, 0.15) is 15.9 Å². The molecular weight excluding hydrogens is 425 g/mol. The molecule has 0 aliphatic carbocycles. The molecule has 30 heavy (non-hydrogen) atoms. The summed E-state index contributed by atoms with van der Waals surface area (Å²) in [6, 6.07) is 8.19. The molecule has 3 rings (SSSR count). The van der Waals surface area contributed by atoms with Gasteiger partial charge in [-0.3, -0.25) is 4.79 Å². The Balaban J connectivity index is 1.94. The van der Waals surface area contributed by atoms with E-state index in [-0.39, 0.29) is 42.6 Å². The average Bonchev–Trinajstić information content (AvgIpc) is 2.73. The molecule has 0 atom stereocenters. The number of carbonyl (C=O) groups excluding carboxylic acids is 1. The molecule has 2 aromatic rings. The van der Waals surface area contributed by atoms with Gasteiger partial charge in [-0.05, 0) is 30.3 Å². The number of nitrogens with zero attached hydrogens (tertiary/aromatic N) is 1. The first-order valence-corrected chi connectivity index (χ1v) is 10.3. The van der Waals surface area contributed by atoms with Crippen molar-refractivity contribution in [3.05, 3.63) is 53.6 Å². The number of hydrogen-bond donors (Lipinski definition) is 1. The predicted molar refractivity (Wildman–Crippen MR) is 102 cm³/mol. The minimum absolute atomic E-state index is 0.0182. The lowest BCUT2D eigenvalue weighted by Crippen LogP contribution is -2.40. The quantitative estimate of drug-likeness (QED) is 0.767. The molecule has 2 aromatic carbocycles. The van der Waals surface area contributed by atoms with E-state index >= 15 is 0 Å². The summed E-state index contributed by atoms with van der Waals surface area (Å²) < 4.78 is 77.0. The van der Waals surface area contributed by atoms with Gasteiger partial charge in [0.05, 0.1) is 31.5 Å². The summed E-state index contributed by atoms with van der Waals surface area (Å²) in [6.45, 7) is 0.792. The third kappa shape index (κ3) is 4.58. The van der Waals surface area contributed by atoms with E-state index in [0.29, 0.717) is 0 Å². The van der Waals surface area contributed by atoms with Crippen LogP contribution in [0.3, 0.4) is 0 Å². The van der Waals surface area contributed by atoms with Crippen molar-refractivity contribution in [1.82, 2.24) is 4.31 Å². The fraction of sp³-hybridized carbons (Fsp3) is 0.316. The molecule has 0 aromatic heterocycles. The first kappa shape index (κ1) is 22.1. The summed E-state index contributed by atoms with van der Waals surface area (Å²) in [5, 5.41) is 2.34. The van der Waals surface area contributed by atoms with Crippen molar-refractivity contribution < 1.29 is 35.9 Å². The summed E-state index contributed by atoms with van der Waals surface area (Å²) in [5.74, 6) is -0.960. The number of sulfonamides is 1. The van der Waals surface area contributed by atoms with E-state index in [1.807, 2.05) is 0 Å². The second kappa shape index (κ2) is 8.62. The van der Waals surface area contributed by atoms with Crippen LogP contribution in [-0.4, -0.2) is 52.0 Å². The van der Waals surface area contributed by atoms with Crippen LogP contribution in [0.2, 0.25) is 0 Å². The molecule has 0 spiro atoms. The second-order valence-corrected chi connectivity index (χ2v) is 8.29. The standard InChI is InChI=1S/C19H19F3N2O5S/c1-28-16-7-6-13(12-17(16)30(26,27)24-8-10-29-11-9-24)23-18(25)14-4-2-3-5-15(14)19(20,21)22/h2-7,12H,8-11H2,1H3,(H,23,25). The number of amides is 1. The zero-order valence-electron chi connectivity index (χ0n) is 15.9. The molecule has 0 bridgehead atoms. The number of ether oxygens (including phenoxy) is 2. The average molecular weight is 444 g/mol. The van der Waals surface area contributed by atoms with Crippen LogP contribution in [-0.2, 0) is 20.9 Å². The molecule has 0 saturated carbocycles. The predicted octanol–water partition coefficient (Wildman–Crippen LogP) is 2.99. The maximum absolute atomic E-state index is 13.2. The van der Waals surface area contributed by atoms with Crippen LogP contribution in [0.5, 0.6) is 5.75 Å². The maximum atomic E-state index is 13.2. The van der Waals surface area contributed by atoms with Crippen molar-refractivity contribution in [3.63, 3.8) is 0 Å². The Hall–Kier alpha value is -2.63. The first-order valence-electron chi connectivity index (χ1n) is 8.88. The Kier molecular flexibility index (Phi) is 6.34. The lowest BCUT2D eigenvalue weighted by molar-refractivity contribution is -0.137. The van der Waals surface area contributed by atoms with Gasteiger partial charge in [0, 0.05) is 18.8 Å². The van der Waals surface area contributed by atoms with Gasteiger partial charge in [-0.15, -0.1) is 0 Å². The molecule has 1 amide bonds. The van der Waals surface area contributed by atoms with E-state index in [4.69, 9.17) is 9.47 Å². The van der Waals surface area contributed by atoms with E-state index < -0.39 is 33.2 Å². The highest BCUT2D eigenvalue weighted by Gasteiger charge is 2.35. The normalized spacial score (nSPS) is 15.6. The minimum Gasteiger partial charge on any atom is -0.495 e. The Morgan fingerprint density at radius 3 is 2.43 bits per heavy atom. The minimum atomic E-state index is -4.71. The summed E-state index contributed by atoms with van der Waals surface area (Å²) in [5.41, 5.74) is -1.64. The fourth-order valence-corrected chi connectivity index (χ4v) is 4.60. The van der Waals surface area contributed by atoms with Crippen molar-refractivity contribution in [3.8, 4) is 5.75 Å². The largest absolute Gasteiger partial charge is 0.495 e. The van der Waals surface area contributed by atoms with E-state index in [1.54, 1.807) is 0 Å². The van der Waals surface area contributed by atoms with Crippen molar-refractivity contribution in [2.24, 2.45) is 0 Å². The van der Waals surface area contributed by atoms with Crippen LogP contribution in [0.25, 0.3) is 0 Å². The van der Waals surface area contributed by atoms with Gasteiger partial charge in [-0.2, -0.15) is 17.5 Å².